The lowest BCUT2D eigenvalue weighted by Crippen LogP contribution is -2.45. The highest BCUT2D eigenvalue weighted by molar-refractivity contribution is 5.79. The molecule has 5 heteroatoms. The fourth-order valence-corrected chi connectivity index (χ4v) is 3.39. The van der Waals surface area contributed by atoms with Gasteiger partial charge in [0.15, 0.2) is 0 Å². The van der Waals surface area contributed by atoms with E-state index in [9.17, 15) is 9.18 Å². The van der Waals surface area contributed by atoms with Gasteiger partial charge >= 0.3 is 0 Å². The molecule has 0 bridgehead atoms. The van der Waals surface area contributed by atoms with Gasteiger partial charge in [0, 0.05) is 24.6 Å². The van der Waals surface area contributed by atoms with Gasteiger partial charge in [-0.25, -0.2) is 4.39 Å². The molecule has 4 nitrogen and oxygen atoms in total. The van der Waals surface area contributed by atoms with Gasteiger partial charge in [-0.3, -0.25) is 4.79 Å². The largest absolute Gasteiger partial charge is 0.373 e. The Bertz CT molecular complexity index is 524. The second kappa shape index (κ2) is 7.88. The molecule has 126 valence electrons. The van der Waals surface area contributed by atoms with Crippen LogP contribution in [0.15, 0.2) is 24.3 Å². The first kappa shape index (κ1) is 16.4. The number of hydrogen-bond donors (Lipinski definition) is 1. The van der Waals surface area contributed by atoms with Crippen molar-refractivity contribution in [2.45, 2.75) is 38.4 Å². The Morgan fingerprint density at radius 3 is 2.57 bits per heavy atom. The van der Waals surface area contributed by atoms with Crippen LogP contribution in [0.25, 0.3) is 0 Å². The summed E-state index contributed by atoms with van der Waals surface area (Å²) in [6, 6.07) is 6.72. The maximum atomic E-state index is 13.6. The average Bonchev–Trinajstić information content (AvgIpc) is 2.62. The standard InChI is InChI=1S/C18H25FN2O2/c19-17-4-2-1-3-15(17)13-23-16-7-11-21(12-8-16)18(22)14-5-9-20-10-6-14/h1-4,14,16,20H,5-13H2. The van der Waals surface area contributed by atoms with Crippen LogP contribution in [0.5, 0.6) is 0 Å². The van der Waals surface area contributed by atoms with Crippen LogP contribution in [-0.4, -0.2) is 43.1 Å². The Morgan fingerprint density at radius 2 is 1.87 bits per heavy atom. The number of halogens is 1. The normalized spacial score (nSPS) is 20.7. The van der Waals surface area contributed by atoms with E-state index in [4.69, 9.17) is 4.74 Å². The van der Waals surface area contributed by atoms with Crippen LogP contribution in [0.4, 0.5) is 4.39 Å². The third-order valence-electron chi connectivity index (χ3n) is 4.87. The quantitative estimate of drug-likeness (QED) is 0.926. The van der Waals surface area contributed by atoms with E-state index in [2.05, 4.69) is 5.32 Å². The SMILES string of the molecule is O=C(C1CCNCC1)N1CCC(OCc2ccccc2F)CC1. The summed E-state index contributed by atoms with van der Waals surface area (Å²) in [6.45, 7) is 3.70. The first-order chi connectivity index (χ1) is 11.2. The molecule has 1 aromatic carbocycles. The molecule has 2 aliphatic rings. The second-order valence-corrected chi connectivity index (χ2v) is 6.45. The van der Waals surface area contributed by atoms with Crippen LogP contribution in [0.2, 0.25) is 0 Å². The van der Waals surface area contributed by atoms with E-state index in [1.807, 2.05) is 11.0 Å². The number of rotatable bonds is 4. The summed E-state index contributed by atoms with van der Waals surface area (Å²) in [5, 5.41) is 3.30. The van der Waals surface area contributed by atoms with Crippen molar-refractivity contribution in [1.29, 1.82) is 0 Å². The molecular weight excluding hydrogens is 295 g/mol. The molecule has 0 saturated carbocycles. The lowest BCUT2D eigenvalue weighted by Gasteiger charge is -2.35. The monoisotopic (exact) mass is 320 g/mol. The summed E-state index contributed by atoms with van der Waals surface area (Å²) in [7, 11) is 0. The number of ether oxygens (including phenoxy) is 1. The number of likely N-dealkylation sites (tertiary alicyclic amines) is 1. The summed E-state index contributed by atoms with van der Waals surface area (Å²) in [5.74, 6) is 0.275. The highest BCUT2D eigenvalue weighted by atomic mass is 19.1. The van der Waals surface area contributed by atoms with E-state index in [1.54, 1.807) is 12.1 Å². The third kappa shape index (κ3) is 4.30. The van der Waals surface area contributed by atoms with E-state index in [0.29, 0.717) is 18.1 Å². The molecule has 0 aliphatic carbocycles. The Labute approximate surface area is 137 Å². The fourth-order valence-electron chi connectivity index (χ4n) is 3.39. The molecule has 0 spiro atoms. The summed E-state index contributed by atoms with van der Waals surface area (Å²) >= 11 is 0. The van der Waals surface area contributed by atoms with E-state index in [-0.39, 0.29) is 17.8 Å². The number of carbonyl (C=O) groups excluding carboxylic acids is 1. The van der Waals surface area contributed by atoms with Crippen molar-refractivity contribution < 1.29 is 13.9 Å². The Balaban J connectivity index is 1.43. The molecule has 3 rings (SSSR count). The molecule has 0 atom stereocenters. The Kier molecular flexibility index (Phi) is 5.62. The number of benzene rings is 1. The number of hydrogen-bond acceptors (Lipinski definition) is 3. The fraction of sp³-hybridized carbons (Fsp3) is 0.611. The van der Waals surface area contributed by atoms with E-state index in [0.717, 1.165) is 51.9 Å². The Morgan fingerprint density at radius 1 is 1.17 bits per heavy atom. The Hall–Kier alpha value is -1.46. The van der Waals surface area contributed by atoms with E-state index in [1.165, 1.54) is 6.07 Å². The van der Waals surface area contributed by atoms with Crippen LogP contribution in [-0.2, 0) is 16.1 Å². The number of carbonyl (C=O) groups is 1. The van der Waals surface area contributed by atoms with Gasteiger partial charge in [0.1, 0.15) is 5.82 Å². The number of piperidine rings is 2. The molecule has 1 amide bonds. The van der Waals surface area contributed by atoms with Gasteiger partial charge in [-0.05, 0) is 44.8 Å². The summed E-state index contributed by atoms with van der Waals surface area (Å²) in [6.07, 6.45) is 3.69. The zero-order chi connectivity index (χ0) is 16.1. The van der Waals surface area contributed by atoms with E-state index < -0.39 is 0 Å². The van der Waals surface area contributed by atoms with Gasteiger partial charge in [0.25, 0.3) is 0 Å². The van der Waals surface area contributed by atoms with Gasteiger partial charge in [-0.2, -0.15) is 0 Å². The topological polar surface area (TPSA) is 41.6 Å². The van der Waals surface area contributed by atoms with Crippen LogP contribution in [0.1, 0.15) is 31.2 Å². The van der Waals surface area contributed by atoms with Gasteiger partial charge in [0.2, 0.25) is 5.91 Å². The van der Waals surface area contributed by atoms with Crippen molar-refractivity contribution in [3.63, 3.8) is 0 Å². The van der Waals surface area contributed by atoms with E-state index >= 15 is 0 Å². The van der Waals surface area contributed by atoms with Crippen molar-refractivity contribution in [3.8, 4) is 0 Å². The maximum Gasteiger partial charge on any atom is 0.225 e. The molecular formula is C18H25FN2O2. The molecule has 2 heterocycles. The van der Waals surface area contributed by atoms with Crippen molar-refractivity contribution in [2.24, 2.45) is 5.92 Å². The third-order valence-corrected chi connectivity index (χ3v) is 4.87. The van der Waals surface area contributed by atoms with Crippen LogP contribution >= 0.6 is 0 Å². The first-order valence-electron chi connectivity index (χ1n) is 8.58. The number of amides is 1. The number of nitrogens with one attached hydrogen (secondary N) is 1. The van der Waals surface area contributed by atoms with Gasteiger partial charge < -0.3 is 15.0 Å². The molecule has 2 saturated heterocycles. The van der Waals surface area contributed by atoms with Gasteiger partial charge in [0.05, 0.1) is 12.7 Å². The van der Waals surface area contributed by atoms with Crippen molar-refractivity contribution in [2.75, 3.05) is 26.2 Å². The maximum absolute atomic E-state index is 13.6. The van der Waals surface area contributed by atoms with Gasteiger partial charge in [-0.1, -0.05) is 18.2 Å². The zero-order valence-electron chi connectivity index (χ0n) is 13.5. The minimum absolute atomic E-state index is 0.117. The average molecular weight is 320 g/mol. The molecule has 0 radical (unpaired) electrons. The highest BCUT2D eigenvalue weighted by Crippen LogP contribution is 2.21. The van der Waals surface area contributed by atoms with Crippen molar-refractivity contribution in [3.05, 3.63) is 35.6 Å². The van der Waals surface area contributed by atoms with Crippen LogP contribution < -0.4 is 5.32 Å². The molecule has 0 aromatic heterocycles. The summed E-state index contributed by atoms with van der Waals surface area (Å²) < 4.78 is 19.4. The summed E-state index contributed by atoms with van der Waals surface area (Å²) in [4.78, 5) is 14.5. The first-order valence-corrected chi connectivity index (χ1v) is 8.58. The molecule has 2 aliphatic heterocycles. The smallest absolute Gasteiger partial charge is 0.225 e. The second-order valence-electron chi connectivity index (χ2n) is 6.45. The molecule has 1 N–H and O–H groups in total. The predicted molar refractivity (Wildman–Crippen MR) is 86.4 cm³/mol. The zero-order valence-corrected chi connectivity index (χ0v) is 13.5. The summed E-state index contributed by atoms with van der Waals surface area (Å²) in [5.41, 5.74) is 0.598. The van der Waals surface area contributed by atoms with Crippen molar-refractivity contribution >= 4 is 5.91 Å². The molecule has 23 heavy (non-hydrogen) atoms. The number of nitrogens with zero attached hydrogens (tertiary/aromatic N) is 1. The lowest BCUT2D eigenvalue weighted by atomic mass is 9.95. The molecule has 0 unspecified atom stereocenters. The molecule has 2 fully saturated rings. The van der Waals surface area contributed by atoms with Crippen molar-refractivity contribution in [1.82, 2.24) is 10.2 Å². The van der Waals surface area contributed by atoms with Gasteiger partial charge in [-0.15, -0.1) is 0 Å². The van der Waals surface area contributed by atoms with Crippen LogP contribution in [0, 0.1) is 11.7 Å². The minimum Gasteiger partial charge on any atom is -0.373 e. The lowest BCUT2D eigenvalue weighted by molar-refractivity contribution is -0.139. The highest BCUT2D eigenvalue weighted by Gasteiger charge is 2.29. The minimum atomic E-state index is -0.217. The predicted octanol–water partition coefficient (Wildman–Crippen LogP) is 2.33. The molecule has 1 aromatic rings. The van der Waals surface area contributed by atoms with Crippen LogP contribution in [0.3, 0.4) is 0 Å².